The summed E-state index contributed by atoms with van der Waals surface area (Å²) in [5.41, 5.74) is 5.36. The molecule has 0 amide bonds. The number of aromatic nitrogens is 1. The number of rotatable bonds is 5. The minimum atomic E-state index is -4.92. The van der Waals surface area contributed by atoms with Crippen LogP contribution in [0.5, 0.6) is 11.6 Å². The molecule has 0 saturated heterocycles. The summed E-state index contributed by atoms with van der Waals surface area (Å²) in [6, 6.07) is 0.956. The average molecular weight is 280 g/mol. The van der Waals surface area contributed by atoms with Crippen LogP contribution in [0, 0.1) is 0 Å². The molecule has 3 N–H and O–H groups in total. The number of methoxy groups -OCH3 is 1. The smallest absolute Gasteiger partial charge is 0.494 e. The van der Waals surface area contributed by atoms with Gasteiger partial charge in [0.1, 0.15) is 5.75 Å². The summed E-state index contributed by atoms with van der Waals surface area (Å²) in [7, 11) is 1.24. The first kappa shape index (κ1) is 15.0. The second-order valence-electron chi connectivity index (χ2n) is 3.42. The van der Waals surface area contributed by atoms with E-state index < -0.39 is 24.6 Å². The molecule has 0 saturated carbocycles. The van der Waals surface area contributed by atoms with Crippen LogP contribution in [0.4, 0.5) is 13.2 Å². The molecule has 0 bridgehead atoms. The van der Waals surface area contributed by atoms with E-state index in [0.717, 1.165) is 6.07 Å². The highest BCUT2D eigenvalue weighted by Gasteiger charge is 2.32. The fourth-order valence-electron chi connectivity index (χ4n) is 1.45. The van der Waals surface area contributed by atoms with Crippen LogP contribution in [-0.2, 0) is 17.8 Å². The van der Waals surface area contributed by atoms with E-state index in [9.17, 15) is 18.0 Å². The average Bonchev–Trinajstić information content (AvgIpc) is 2.25. The molecule has 9 heteroatoms. The van der Waals surface area contributed by atoms with Gasteiger partial charge in [0.05, 0.1) is 19.2 Å². The largest absolute Gasteiger partial charge is 0.574 e. The van der Waals surface area contributed by atoms with Crippen molar-refractivity contribution in [2.45, 2.75) is 19.3 Å². The molecular formula is C10H11F3N2O4. The molecule has 0 aromatic carbocycles. The van der Waals surface area contributed by atoms with Crippen molar-refractivity contribution in [2.75, 3.05) is 7.11 Å². The van der Waals surface area contributed by atoms with E-state index in [1.54, 1.807) is 0 Å². The minimum absolute atomic E-state index is 0.0411. The van der Waals surface area contributed by atoms with Gasteiger partial charge < -0.3 is 20.3 Å². The van der Waals surface area contributed by atoms with E-state index in [2.05, 4.69) is 9.72 Å². The molecule has 0 spiro atoms. The second kappa shape index (κ2) is 5.74. The maximum Gasteiger partial charge on any atom is 0.574 e. The van der Waals surface area contributed by atoms with Crippen LogP contribution in [0.1, 0.15) is 11.3 Å². The Kier molecular flexibility index (Phi) is 4.54. The minimum Gasteiger partial charge on any atom is -0.494 e. The van der Waals surface area contributed by atoms with Crippen molar-refractivity contribution in [1.82, 2.24) is 4.98 Å². The van der Waals surface area contributed by atoms with Gasteiger partial charge in [-0.25, -0.2) is 4.98 Å². The molecule has 0 aliphatic carbocycles. The van der Waals surface area contributed by atoms with Crippen molar-refractivity contribution < 1.29 is 32.5 Å². The Hall–Kier alpha value is -2.03. The normalized spacial score (nSPS) is 11.2. The van der Waals surface area contributed by atoms with Gasteiger partial charge in [0.15, 0.2) is 0 Å². The van der Waals surface area contributed by atoms with Gasteiger partial charge in [0.25, 0.3) is 0 Å². The van der Waals surface area contributed by atoms with Crippen molar-refractivity contribution >= 4 is 5.97 Å². The summed E-state index contributed by atoms with van der Waals surface area (Å²) in [4.78, 5) is 14.1. The summed E-state index contributed by atoms with van der Waals surface area (Å²) in [6.45, 7) is -0.146. The molecule has 1 heterocycles. The van der Waals surface area contributed by atoms with Crippen molar-refractivity contribution in [2.24, 2.45) is 5.73 Å². The van der Waals surface area contributed by atoms with Gasteiger partial charge in [-0.15, -0.1) is 13.2 Å². The molecule has 106 valence electrons. The van der Waals surface area contributed by atoms with E-state index >= 15 is 0 Å². The molecule has 6 nitrogen and oxygen atoms in total. The molecule has 1 aromatic rings. The third kappa shape index (κ3) is 4.28. The molecular weight excluding hydrogens is 269 g/mol. The first-order chi connectivity index (χ1) is 8.76. The van der Waals surface area contributed by atoms with Crippen LogP contribution in [0.25, 0.3) is 0 Å². The molecule has 0 fully saturated rings. The van der Waals surface area contributed by atoms with Crippen LogP contribution in [-0.4, -0.2) is 29.5 Å². The zero-order chi connectivity index (χ0) is 14.6. The number of ether oxygens (including phenoxy) is 2. The summed E-state index contributed by atoms with van der Waals surface area (Å²) in [5, 5.41) is 8.68. The van der Waals surface area contributed by atoms with Gasteiger partial charge in [-0.05, 0) is 0 Å². The maximum atomic E-state index is 12.1. The molecule has 1 aromatic heterocycles. The summed E-state index contributed by atoms with van der Waals surface area (Å²) in [5.74, 6) is -2.00. The first-order valence-corrected chi connectivity index (χ1v) is 5.01. The van der Waals surface area contributed by atoms with Gasteiger partial charge in [0, 0.05) is 18.2 Å². The third-order valence-electron chi connectivity index (χ3n) is 2.06. The predicted octanol–water partition coefficient (Wildman–Crippen LogP) is 1.07. The quantitative estimate of drug-likeness (QED) is 0.838. The highest BCUT2D eigenvalue weighted by atomic mass is 19.4. The zero-order valence-corrected chi connectivity index (χ0v) is 9.82. The van der Waals surface area contributed by atoms with Gasteiger partial charge >= 0.3 is 12.3 Å². The topological polar surface area (TPSA) is 94.7 Å². The van der Waals surface area contributed by atoms with Crippen LogP contribution in [0.3, 0.4) is 0 Å². The van der Waals surface area contributed by atoms with E-state index in [1.807, 2.05) is 0 Å². The molecule has 0 atom stereocenters. The number of carbonyl (C=O) groups is 1. The molecule has 19 heavy (non-hydrogen) atoms. The summed E-state index contributed by atoms with van der Waals surface area (Å²) in [6.07, 6.45) is -5.53. The Bertz CT molecular complexity index is 477. The Morgan fingerprint density at radius 1 is 1.53 bits per heavy atom. The monoisotopic (exact) mass is 280 g/mol. The number of aliphatic carboxylic acids is 1. The van der Waals surface area contributed by atoms with Gasteiger partial charge in [-0.1, -0.05) is 0 Å². The number of pyridine rings is 1. The standard InChI is InChI=1S/C10H11F3N2O4/c1-18-9-5(4-14)2-7(19-10(11,12)13)15-6(9)3-8(16)17/h2H,3-4,14H2,1H3,(H,16,17). The van der Waals surface area contributed by atoms with Crippen molar-refractivity contribution in [3.63, 3.8) is 0 Å². The Labute approximate surface area is 105 Å². The van der Waals surface area contributed by atoms with Gasteiger partial charge in [-0.2, -0.15) is 0 Å². The lowest BCUT2D eigenvalue weighted by atomic mass is 10.1. The third-order valence-corrected chi connectivity index (χ3v) is 2.06. The van der Waals surface area contributed by atoms with Crippen LogP contribution < -0.4 is 15.2 Å². The molecule has 0 radical (unpaired) electrons. The number of carboxylic acids is 1. The number of halogens is 3. The number of hydrogen-bond acceptors (Lipinski definition) is 5. The second-order valence-corrected chi connectivity index (χ2v) is 3.42. The lowest BCUT2D eigenvalue weighted by molar-refractivity contribution is -0.276. The number of carboxylic acid groups (broad SMARTS) is 1. The summed E-state index contributed by atoms with van der Waals surface area (Å²) >= 11 is 0. The van der Waals surface area contributed by atoms with Crippen LogP contribution in [0.15, 0.2) is 6.07 Å². The summed E-state index contributed by atoms with van der Waals surface area (Å²) < 4.78 is 44.9. The number of hydrogen-bond donors (Lipinski definition) is 2. The van der Waals surface area contributed by atoms with Gasteiger partial charge in [-0.3, -0.25) is 4.79 Å². The Morgan fingerprint density at radius 2 is 2.16 bits per heavy atom. The fourth-order valence-corrected chi connectivity index (χ4v) is 1.45. The number of alkyl halides is 3. The lowest BCUT2D eigenvalue weighted by Crippen LogP contribution is -2.19. The predicted molar refractivity (Wildman–Crippen MR) is 56.7 cm³/mol. The highest BCUT2D eigenvalue weighted by Crippen LogP contribution is 2.29. The Balaban J connectivity index is 3.25. The number of nitrogens with zero attached hydrogens (tertiary/aromatic N) is 1. The van der Waals surface area contributed by atoms with E-state index in [0.29, 0.717) is 0 Å². The van der Waals surface area contributed by atoms with Gasteiger partial charge in [0.2, 0.25) is 5.88 Å². The van der Waals surface area contributed by atoms with E-state index in [4.69, 9.17) is 15.6 Å². The van der Waals surface area contributed by atoms with Crippen molar-refractivity contribution in [1.29, 1.82) is 0 Å². The molecule has 0 aliphatic rings. The van der Waals surface area contributed by atoms with E-state index in [-0.39, 0.29) is 23.6 Å². The van der Waals surface area contributed by atoms with Crippen LogP contribution >= 0.6 is 0 Å². The molecule has 1 rings (SSSR count). The number of nitrogens with two attached hydrogens (primary N) is 1. The SMILES string of the molecule is COc1c(CN)cc(OC(F)(F)F)nc1CC(=O)O. The fraction of sp³-hybridized carbons (Fsp3) is 0.400. The maximum absolute atomic E-state index is 12.1. The molecule has 0 unspecified atom stereocenters. The molecule has 0 aliphatic heterocycles. The van der Waals surface area contributed by atoms with Crippen molar-refractivity contribution in [3.05, 3.63) is 17.3 Å². The Morgan fingerprint density at radius 3 is 2.58 bits per heavy atom. The highest BCUT2D eigenvalue weighted by molar-refractivity contribution is 5.71. The lowest BCUT2D eigenvalue weighted by Gasteiger charge is -2.14. The zero-order valence-electron chi connectivity index (χ0n) is 9.82. The van der Waals surface area contributed by atoms with Crippen LogP contribution in [0.2, 0.25) is 0 Å². The van der Waals surface area contributed by atoms with Crippen molar-refractivity contribution in [3.8, 4) is 11.6 Å². The van der Waals surface area contributed by atoms with E-state index in [1.165, 1.54) is 7.11 Å². The first-order valence-electron chi connectivity index (χ1n) is 5.01.